The number of fused-ring (bicyclic) bond motifs is 1. The van der Waals surface area contributed by atoms with Gasteiger partial charge in [-0.2, -0.15) is 0 Å². The number of allylic oxidation sites excluding steroid dienone is 2. The van der Waals surface area contributed by atoms with Crippen LogP contribution in [-0.2, 0) is 19.1 Å². The van der Waals surface area contributed by atoms with Crippen molar-refractivity contribution in [2.45, 2.75) is 20.3 Å². The Balaban J connectivity index is 2.19. The molecule has 1 N–H and O–H groups in total. The number of esters is 2. The molecule has 0 heterocycles. The van der Waals surface area contributed by atoms with Crippen LogP contribution in [-0.4, -0.2) is 34.6 Å². The Bertz CT molecular complexity index is 979. The van der Waals surface area contributed by atoms with Crippen LogP contribution in [0.5, 0.6) is 5.75 Å². The normalized spacial score (nSPS) is 18.3. The molecule has 0 fully saturated rings. The predicted molar refractivity (Wildman–Crippen MR) is 89.0 cm³/mol. The number of hydrogen-bond acceptors (Lipinski definition) is 7. The molecule has 2 aliphatic rings. The number of hydrogen-bond donors (Lipinski definition) is 1. The zero-order valence-electron chi connectivity index (χ0n) is 14.4. The van der Waals surface area contributed by atoms with E-state index >= 15 is 0 Å². The maximum Gasteiger partial charge on any atom is 0.310 e. The first kappa shape index (κ1) is 18.2. The molecule has 1 unspecified atom stereocenters. The second kappa shape index (κ2) is 6.64. The second-order valence-electron chi connectivity index (χ2n) is 6.06. The number of carbonyl (C=O) groups excluding carboxylic acids is 4. The first-order chi connectivity index (χ1) is 12.7. The van der Waals surface area contributed by atoms with Crippen molar-refractivity contribution in [3.63, 3.8) is 0 Å². The van der Waals surface area contributed by atoms with Gasteiger partial charge in [0.05, 0.1) is 17.1 Å². The molecule has 1 atom stereocenters. The molecular formula is C19H14O8. The highest BCUT2D eigenvalue weighted by Gasteiger charge is 2.41. The number of carboxylic acids is 1. The molecule has 1 aromatic carbocycles. The van der Waals surface area contributed by atoms with Gasteiger partial charge in [0, 0.05) is 25.0 Å². The van der Waals surface area contributed by atoms with E-state index in [1.54, 1.807) is 0 Å². The molecule has 0 aromatic heterocycles. The summed E-state index contributed by atoms with van der Waals surface area (Å²) in [5, 5.41) is 9.31. The first-order valence-electron chi connectivity index (χ1n) is 7.98. The van der Waals surface area contributed by atoms with E-state index < -0.39 is 35.4 Å². The third-order valence-corrected chi connectivity index (χ3v) is 4.15. The van der Waals surface area contributed by atoms with Gasteiger partial charge < -0.3 is 14.6 Å². The van der Waals surface area contributed by atoms with Crippen LogP contribution in [0, 0.1) is 5.92 Å². The number of aliphatic carboxylic acids is 1. The summed E-state index contributed by atoms with van der Waals surface area (Å²) in [7, 11) is 0. The summed E-state index contributed by atoms with van der Waals surface area (Å²) in [6.07, 6.45) is 0.921. The highest BCUT2D eigenvalue weighted by atomic mass is 16.5. The molecule has 3 rings (SSSR count). The van der Waals surface area contributed by atoms with E-state index in [2.05, 4.69) is 0 Å². The number of ether oxygens (including phenoxy) is 2. The average molecular weight is 370 g/mol. The van der Waals surface area contributed by atoms with Gasteiger partial charge in [0.1, 0.15) is 11.5 Å². The van der Waals surface area contributed by atoms with E-state index in [0.29, 0.717) is 0 Å². The number of benzene rings is 1. The van der Waals surface area contributed by atoms with Crippen LogP contribution in [0.25, 0.3) is 0 Å². The molecule has 0 amide bonds. The summed E-state index contributed by atoms with van der Waals surface area (Å²) in [5.74, 6) is -5.39. The van der Waals surface area contributed by atoms with E-state index in [9.17, 15) is 29.1 Å². The van der Waals surface area contributed by atoms with E-state index in [1.165, 1.54) is 18.2 Å². The van der Waals surface area contributed by atoms with Gasteiger partial charge in [-0.15, -0.1) is 0 Å². The van der Waals surface area contributed by atoms with Gasteiger partial charge in [-0.1, -0.05) is 12.1 Å². The molecule has 138 valence electrons. The quantitative estimate of drug-likeness (QED) is 0.631. The molecule has 1 aromatic rings. The highest BCUT2D eigenvalue weighted by molar-refractivity contribution is 6.29. The molecule has 0 bridgehead atoms. The topological polar surface area (TPSA) is 124 Å². The zero-order chi connectivity index (χ0) is 19.9. The van der Waals surface area contributed by atoms with Gasteiger partial charge in [0.25, 0.3) is 0 Å². The monoisotopic (exact) mass is 370 g/mol. The molecule has 0 aliphatic heterocycles. The molecule has 0 spiro atoms. The van der Waals surface area contributed by atoms with Crippen molar-refractivity contribution in [2.75, 3.05) is 0 Å². The number of Topliss-reactive ketones (excluding diaryl/α,β-unsaturated/α-hetero) is 2. The first-order valence-corrected chi connectivity index (χ1v) is 7.98. The minimum Gasteiger partial charge on any atom is -0.481 e. The Kier molecular flexibility index (Phi) is 4.49. The fourth-order valence-electron chi connectivity index (χ4n) is 3.13. The molecule has 8 nitrogen and oxygen atoms in total. The molecule has 0 radical (unpaired) electrons. The maximum absolute atomic E-state index is 13.1. The van der Waals surface area contributed by atoms with Gasteiger partial charge in [-0.05, 0) is 18.6 Å². The van der Waals surface area contributed by atoms with Crippen LogP contribution in [0.1, 0.15) is 41.0 Å². The summed E-state index contributed by atoms with van der Waals surface area (Å²) in [4.78, 5) is 60.1. The van der Waals surface area contributed by atoms with Crippen molar-refractivity contribution in [1.82, 2.24) is 0 Å². The van der Waals surface area contributed by atoms with Gasteiger partial charge in [-0.25, -0.2) is 0 Å². The van der Waals surface area contributed by atoms with Crippen LogP contribution >= 0.6 is 0 Å². The lowest BCUT2D eigenvalue weighted by molar-refractivity contribution is -0.141. The fraction of sp³-hybridized carbons (Fsp3) is 0.211. The number of rotatable bonds is 3. The molecule has 8 heteroatoms. The maximum atomic E-state index is 13.1. The van der Waals surface area contributed by atoms with Crippen LogP contribution in [0.2, 0.25) is 0 Å². The molecule has 27 heavy (non-hydrogen) atoms. The molecular weight excluding hydrogens is 356 g/mol. The van der Waals surface area contributed by atoms with Gasteiger partial charge >= 0.3 is 17.9 Å². The third-order valence-electron chi connectivity index (χ3n) is 4.15. The number of ketones is 2. The summed E-state index contributed by atoms with van der Waals surface area (Å²) in [6, 6.07) is 4.22. The minimum atomic E-state index is -1.22. The third kappa shape index (κ3) is 3.17. The summed E-state index contributed by atoms with van der Waals surface area (Å²) >= 11 is 0. The smallest absolute Gasteiger partial charge is 0.310 e. The van der Waals surface area contributed by atoms with Crippen LogP contribution in [0.4, 0.5) is 0 Å². The Labute approximate surface area is 153 Å². The van der Waals surface area contributed by atoms with Crippen molar-refractivity contribution in [1.29, 1.82) is 0 Å². The van der Waals surface area contributed by atoms with Crippen LogP contribution in [0.15, 0.2) is 41.2 Å². The lowest BCUT2D eigenvalue weighted by Crippen LogP contribution is -2.30. The molecule has 0 saturated carbocycles. The van der Waals surface area contributed by atoms with E-state index in [-0.39, 0.29) is 40.2 Å². The van der Waals surface area contributed by atoms with E-state index in [0.717, 1.165) is 19.9 Å². The van der Waals surface area contributed by atoms with Crippen molar-refractivity contribution >= 4 is 29.5 Å². The lowest BCUT2D eigenvalue weighted by atomic mass is 9.76. The Hall–Kier alpha value is -3.55. The van der Waals surface area contributed by atoms with Crippen molar-refractivity contribution in [3.8, 4) is 5.75 Å². The van der Waals surface area contributed by atoms with Crippen molar-refractivity contribution in [3.05, 3.63) is 52.3 Å². The largest absolute Gasteiger partial charge is 0.481 e. The standard InChI is InChI=1S/C19H14O8/c1-8(20)26-13-5-3-4-11-15(13)18(23)16-12(17(11)22)6-10(19(24)25)7-14(16)27-9(2)21/h3-5,7,10H,6H2,1-2H3,(H,24,25). The number of carboxylic acid groups (broad SMARTS) is 1. The Morgan fingerprint density at radius 1 is 1.04 bits per heavy atom. The molecule has 0 saturated heterocycles. The SMILES string of the molecule is CC(=O)OC1=CC(C(=O)O)CC2=C1C(=O)c1c(OC(C)=O)cccc1C2=O. The zero-order valence-corrected chi connectivity index (χ0v) is 14.4. The Morgan fingerprint density at radius 3 is 2.30 bits per heavy atom. The summed E-state index contributed by atoms with van der Waals surface area (Å²) in [5.41, 5.74) is -0.340. The van der Waals surface area contributed by atoms with Crippen LogP contribution in [0.3, 0.4) is 0 Å². The lowest BCUT2D eigenvalue weighted by Gasteiger charge is -2.27. The summed E-state index contributed by atoms with van der Waals surface area (Å²) in [6.45, 7) is 2.25. The van der Waals surface area contributed by atoms with Gasteiger partial charge in [-0.3, -0.25) is 24.0 Å². The fourth-order valence-corrected chi connectivity index (χ4v) is 3.13. The van der Waals surface area contributed by atoms with E-state index in [4.69, 9.17) is 9.47 Å². The van der Waals surface area contributed by atoms with Crippen molar-refractivity contribution < 1.29 is 38.6 Å². The van der Waals surface area contributed by atoms with Crippen molar-refractivity contribution in [2.24, 2.45) is 5.92 Å². The van der Waals surface area contributed by atoms with Gasteiger partial charge in [0.15, 0.2) is 5.78 Å². The average Bonchev–Trinajstić information content (AvgIpc) is 2.57. The minimum absolute atomic E-state index is 0.00529. The van der Waals surface area contributed by atoms with Crippen LogP contribution < -0.4 is 4.74 Å². The second-order valence-corrected chi connectivity index (χ2v) is 6.06. The predicted octanol–water partition coefficient (Wildman–Crippen LogP) is 1.84. The summed E-state index contributed by atoms with van der Waals surface area (Å²) < 4.78 is 10.0. The van der Waals surface area contributed by atoms with E-state index in [1.807, 2.05) is 0 Å². The number of carbonyl (C=O) groups is 5. The highest BCUT2D eigenvalue weighted by Crippen LogP contribution is 2.41. The van der Waals surface area contributed by atoms with Gasteiger partial charge in [0.2, 0.25) is 5.78 Å². The molecule has 2 aliphatic carbocycles. The Morgan fingerprint density at radius 2 is 1.70 bits per heavy atom.